The highest BCUT2D eigenvalue weighted by molar-refractivity contribution is 7.79. The van der Waals surface area contributed by atoms with Gasteiger partial charge in [0.15, 0.2) is 16.8 Å². The van der Waals surface area contributed by atoms with Gasteiger partial charge in [0.1, 0.15) is 5.75 Å². The third-order valence-corrected chi connectivity index (χ3v) is 7.39. The van der Waals surface area contributed by atoms with E-state index >= 15 is 0 Å². The molecule has 1 aliphatic rings. The van der Waals surface area contributed by atoms with Gasteiger partial charge < -0.3 is 20.1 Å². The zero-order chi connectivity index (χ0) is 25.8. The van der Waals surface area contributed by atoms with Crippen LogP contribution in [0.25, 0.3) is 0 Å². The van der Waals surface area contributed by atoms with E-state index in [1.807, 2.05) is 25.1 Å². The lowest BCUT2D eigenvalue weighted by molar-refractivity contribution is 0.0691. The number of aromatic nitrogens is 1. The number of aliphatic imine (C=N–C) groups is 1. The van der Waals surface area contributed by atoms with E-state index in [1.54, 1.807) is 31.4 Å². The van der Waals surface area contributed by atoms with Gasteiger partial charge in [-0.3, -0.25) is 0 Å². The van der Waals surface area contributed by atoms with E-state index in [9.17, 15) is 18.7 Å². The summed E-state index contributed by atoms with van der Waals surface area (Å²) in [4.78, 5) is 20.7. The number of allylic oxidation sites excluding steroid dienone is 2. The predicted molar refractivity (Wildman–Crippen MR) is 141 cm³/mol. The molecule has 36 heavy (non-hydrogen) atoms. The molecule has 1 fully saturated rings. The van der Waals surface area contributed by atoms with Crippen molar-refractivity contribution in [2.45, 2.75) is 37.5 Å². The summed E-state index contributed by atoms with van der Waals surface area (Å²) < 4.78 is 26.3. The molecule has 4 N–H and O–H groups in total. The lowest BCUT2D eigenvalue weighted by Crippen LogP contribution is -2.16. The molecule has 1 aliphatic carbocycles. The molecule has 1 unspecified atom stereocenters. The SMILES string of the molecule is COc1cc(C(=Nc2nc(C(=O)O)cs2)C(Cc2ccc(S(=O)O)cc2)=C(N)CC2CC2)ccc1C. The average Bonchev–Trinajstić information content (AvgIpc) is 3.54. The van der Waals surface area contributed by atoms with Crippen molar-refractivity contribution in [3.63, 3.8) is 0 Å². The maximum absolute atomic E-state index is 11.4. The number of carboxylic acids is 1. The van der Waals surface area contributed by atoms with Gasteiger partial charge >= 0.3 is 5.97 Å². The molecule has 0 radical (unpaired) electrons. The van der Waals surface area contributed by atoms with Crippen LogP contribution in [0.1, 0.15) is 46.4 Å². The monoisotopic (exact) mass is 525 g/mol. The zero-order valence-electron chi connectivity index (χ0n) is 19.9. The Hall–Kier alpha value is -3.34. The molecule has 10 heteroatoms. The predicted octanol–water partition coefficient (Wildman–Crippen LogP) is 5.12. The van der Waals surface area contributed by atoms with E-state index in [-0.39, 0.29) is 5.69 Å². The molecule has 1 aromatic heterocycles. The van der Waals surface area contributed by atoms with Crippen LogP contribution in [-0.2, 0) is 17.5 Å². The van der Waals surface area contributed by atoms with Crippen LogP contribution in [0, 0.1) is 12.8 Å². The Morgan fingerprint density at radius 3 is 2.56 bits per heavy atom. The Morgan fingerprint density at radius 1 is 1.25 bits per heavy atom. The van der Waals surface area contributed by atoms with Crippen LogP contribution in [0.4, 0.5) is 5.13 Å². The van der Waals surface area contributed by atoms with Crippen molar-refractivity contribution in [2.75, 3.05) is 7.11 Å². The Bertz CT molecular complexity index is 1360. The number of thiazole rings is 1. The number of nitrogens with zero attached hydrogens (tertiary/aromatic N) is 2. The number of hydrogen-bond acceptors (Lipinski definition) is 7. The van der Waals surface area contributed by atoms with Crippen molar-refractivity contribution in [3.8, 4) is 5.75 Å². The minimum atomic E-state index is -2.06. The molecule has 0 bridgehead atoms. The van der Waals surface area contributed by atoms with Crippen molar-refractivity contribution < 1.29 is 23.4 Å². The molecular weight excluding hydrogens is 498 g/mol. The third kappa shape index (κ3) is 6.26. The summed E-state index contributed by atoms with van der Waals surface area (Å²) in [7, 11) is 1.60. The number of methoxy groups -OCH3 is 1. The lowest BCUT2D eigenvalue weighted by Gasteiger charge is -2.17. The molecule has 1 atom stereocenters. The van der Waals surface area contributed by atoms with Crippen LogP contribution in [0.3, 0.4) is 0 Å². The number of rotatable bonds is 10. The fourth-order valence-corrected chi connectivity index (χ4v) is 4.85. The number of carboxylic acid groups (broad SMARTS) is 1. The third-order valence-electron chi connectivity index (χ3n) is 5.98. The molecule has 0 spiro atoms. The number of carbonyl (C=O) groups is 1. The smallest absolute Gasteiger partial charge is 0.355 e. The van der Waals surface area contributed by atoms with Gasteiger partial charge in [-0.2, -0.15) is 0 Å². The largest absolute Gasteiger partial charge is 0.496 e. The minimum Gasteiger partial charge on any atom is -0.496 e. The van der Waals surface area contributed by atoms with Crippen LogP contribution in [0.2, 0.25) is 0 Å². The average molecular weight is 526 g/mol. The van der Waals surface area contributed by atoms with Gasteiger partial charge in [0, 0.05) is 28.6 Å². The van der Waals surface area contributed by atoms with Crippen molar-refractivity contribution in [1.29, 1.82) is 0 Å². The molecule has 2 aromatic carbocycles. The molecule has 3 aromatic rings. The quantitative estimate of drug-likeness (QED) is 0.247. The molecule has 4 rings (SSSR count). The first-order chi connectivity index (χ1) is 17.2. The molecule has 0 amide bonds. The summed E-state index contributed by atoms with van der Waals surface area (Å²) in [5.74, 6) is 0.114. The van der Waals surface area contributed by atoms with Crippen molar-refractivity contribution >= 4 is 39.2 Å². The number of benzene rings is 2. The highest BCUT2D eigenvalue weighted by Crippen LogP contribution is 2.36. The van der Waals surface area contributed by atoms with Gasteiger partial charge in [-0.15, -0.1) is 11.3 Å². The second kappa shape index (κ2) is 11.2. The van der Waals surface area contributed by atoms with Gasteiger partial charge in [-0.1, -0.05) is 24.3 Å². The number of hydrogen-bond donors (Lipinski definition) is 3. The van der Waals surface area contributed by atoms with Crippen LogP contribution < -0.4 is 10.5 Å². The maximum Gasteiger partial charge on any atom is 0.355 e. The maximum atomic E-state index is 11.4. The fraction of sp³-hybridized carbons (Fsp3) is 0.269. The van der Waals surface area contributed by atoms with Crippen LogP contribution in [-0.4, -0.2) is 37.6 Å². The second-order valence-corrected chi connectivity index (χ2v) is 10.5. The van der Waals surface area contributed by atoms with Crippen molar-refractivity contribution in [1.82, 2.24) is 4.98 Å². The second-order valence-electron chi connectivity index (χ2n) is 8.69. The molecule has 1 saturated carbocycles. The summed E-state index contributed by atoms with van der Waals surface area (Å²) in [6.45, 7) is 1.95. The van der Waals surface area contributed by atoms with Gasteiger partial charge in [0.25, 0.3) is 0 Å². The highest BCUT2D eigenvalue weighted by atomic mass is 32.2. The van der Waals surface area contributed by atoms with Gasteiger partial charge in [0.05, 0.1) is 17.7 Å². The Morgan fingerprint density at radius 2 is 1.97 bits per heavy atom. The number of nitrogens with two attached hydrogens (primary N) is 1. The van der Waals surface area contributed by atoms with Crippen molar-refractivity contribution in [3.05, 3.63) is 81.5 Å². The van der Waals surface area contributed by atoms with Gasteiger partial charge in [-0.05, 0) is 61.4 Å². The number of aromatic carboxylic acids is 1. The van der Waals surface area contributed by atoms with Crippen LogP contribution >= 0.6 is 11.3 Å². The molecule has 188 valence electrons. The number of ether oxygens (including phenoxy) is 1. The van der Waals surface area contributed by atoms with E-state index in [4.69, 9.17) is 15.5 Å². The molecule has 1 heterocycles. The summed E-state index contributed by atoms with van der Waals surface area (Å²) in [6.07, 6.45) is 3.42. The summed E-state index contributed by atoms with van der Waals surface area (Å²) in [6, 6.07) is 12.6. The Labute approximate surface area is 215 Å². The summed E-state index contributed by atoms with van der Waals surface area (Å²) >= 11 is -0.915. The fourth-order valence-electron chi connectivity index (χ4n) is 3.82. The standard InChI is InChI=1S/C26H27N3O5S2/c1-15-3-8-18(13-23(15)34-2)24(29-26-28-22(14-35-26)25(30)31)20(21(27)12-17-4-5-17)11-16-6-9-19(10-7-16)36(32)33/h3,6-10,13-14,17H,4-5,11-12,27H2,1-2H3,(H,30,31)(H,32,33). The van der Waals surface area contributed by atoms with E-state index in [1.165, 1.54) is 5.38 Å². The minimum absolute atomic E-state index is 0.0661. The highest BCUT2D eigenvalue weighted by Gasteiger charge is 2.25. The first kappa shape index (κ1) is 25.7. The van der Waals surface area contributed by atoms with E-state index in [0.29, 0.717) is 39.5 Å². The Kier molecular flexibility index (Phi) is 7.97. The van der Waals surface area contributed by atoms with Gasteiger partial charge in [-0.25, -0.2) is 19.0 Å². The number of aryl methyl sites for hydroxylation is 1. The lowest BCUT2D eigenvalue weighted by atomic mass is 9.92. The van der Waals surface area contributed by atoms with Crippen LogP contribution in [0.5, 0.6) is 5.75 Å². The van der Waals surface area contributed by atoms with E-state index < -0.39 is 17.0 Å². The Balaban J connectivity index is 1.85. The molecular formula is C26H27N3O5S2. The van der Waals surface area contributed by atoms with E-state index in [0.717, 1.165) is 52.9 Å². The molecule has 0 aliphatic heterocycles. The molecule has 0 saturated heterocycles. The molecule has 8 nitrogen and oxygen atoms in total. The van der Waals surface area contributed by atoms with Crippen molar-refractivity contribution in [2.24, 2.45) is 16.6 Å². The summed E-state index contributed by atoms with van der Waals surface area (Å²) in [5, 5.41) is 11.1. The van der Waals surface area contributed by atoms with E-state index in [2.05, 4.69) is 4.98 Å². The normalized spacial score (nSPS) is 15.4. The summed E-state index contributed by atoms with van der Waals surface area (Å²) in [5.41, 5.74) is 11.4. The zero-order valence-corrected chi connectivity index (χ0v) is 21.6. The first-order valence-electron chi connectivity index (χ1n) is 11.3. The van der Waals surface area contributed by atoms with Crippen LogP contribution in [0.15, 0.2) is 69.0 Å². The topological polar surface area (TPSA) is 135 Å². The van der Waals surface area contributed by atoms with Gasteiger partial charge in [0.2, 0.25) is 5.13 Å². The first-order valence-corrected chi connectivity index (χ1v) is 13.3.